The van der Waals surface area contributed by atoms with Crippen molar-refractivity contribution in [1.82, 2.24) is 0 Å². The molecule has 3 atom stereocenters. The molecule has 2 aliphatic rings. The van der Waals surface area contributed by atoms with Crippen molar-refractivity contribution in [2.24, 2.45) is 17.3 Å². The van der Waals surface area contributed by atoms with Gasteiger partial charge < -0.3 is 0 Å². The van der Waals surface area contributed by atoms with E-state index in [1.54, 1.807) is 0 Å². The zero-order chi connectivity index (χ0) is 11.1. The molecule has 0 nitrogen and oxygen atoms in total. The van der Waals surface area contributed by atoms with Gasteiger partial charge in [-0.2, -0.15) is 0 Å². The van der Waals surface area contributed by atoms with E-state index in [-0.39, 0.29) is 0 Å². The predicted molar refractivity (Wildman–Crippen MR) is 66.6 cm³/mol. The quantitative estimate of drug-likeness (QED) is 0.549. The Hall–Kier alpha value is -0.780. The van der Waals surface area contributed by atoms with Crippen LogP contribution in [0.15, 0.2) is 36.5 Å². The van der Waals surface area contributed by atoms with Gasteiger partial charge >= 0.3 is 0 Å². The summed E-state index contributed by atoms with van der Waals surface area (Å²) in [4.78, 5) is 0. The van der Waals surface area contributed by atoms with Crippen molar-refractivity contribution in [3.63, 3.8) is 0 Å². The first-order chi connectivity index (χ1) is 7.03. The van der Waals surface area contributed by atoms with Crippen molar-refractivity contribution >= 4 is 0 Å². The van der Waals surface area contributed by atoms with E-state index in [4.69, 9.17) is 0 Å². The molecule has 0 N–H and O–H groups in total. The van der Waals surface area contributed by atoms with E-state index in [2.05, 4.69) is 39.2 Å². The number of hydrogen-bond acceptors (Lipinski definition) is 0. The highest BCUT2D eigenvalue weighted by atomic mass is 14.5. The van der Waals surface area contributed by atoms with Gasteiger partial charge in [0.1, 0.15) is 0 Å². The molecule has 15 heavy (non-hydrogen) atoms. The van der Waals surface area contributed by atoms with Crippen LogP contribution in [0.25, 0.3) is 0 Å². The monoisotopic (exact) mass is 202 g/mol. The minimum Gasteiger partial charge on any atom is -0.0999 e. The summed E-state index contributed by atoms with van der Waals surface area (Å²) >= 11 is 0. The van der Waals surface area contributed by atoms with Gasteiger partial charge in [0.05, 0.1) is 0 Å². The summed E-state index contributed by atoms with van der Waals surface area (Å²) in [7, 11) is 0. The highest BCUT2D eigenvalue weighted by Gasteiger charge is 2.41. The Morgan fingerprint density at radius 2 is 2.27 bits per heavy atom. The summed E-state index contributed by atoms with van der Waals surface area (Å²) in [6, 6.07) is 0. The molecule has 1 fully saturated rings. The minimum absolute atomic E-state index is 0.484. The second-order valence-corrected chi connectivity index (χ2v) is 5.71. The zero-order valence-corrected chi connectivity index (χ0v) is 10.1. The van der Waals surface area contributed by atoms with Crippen LogP contribution in [0.4, 0.5) is 0 Å². The fourth-order valence-corrected chi connectivity index (χ4v) is 3.25. The summed E-state index contributed by atoms with van der Waals surface area (Å²) in [6.45, 7) is 12.9. The second-order valence-electron chi connectivity index (χ2n) is 5.71. The molecule has 82 valence electrons. The topological polar surface area (TPSA) is 0 Å². The molecule has 3 unspecified atom stereocenters. The maximum Gasteiger partial charge on any atom is -0.0105 e. The van der Waals surface area contributed by atoms with Crippen molar-refractivity contribution in [3.05, 3.63) is 36.5 Å². The summed E-state index contributed by atoms with van der Waals surface area (Å²) < 4.78 is 0. The maximum absolute atomic E-state index is 4.22. The van der Waals surface area contributed by atoms with Crippen LogP contribution in [0, 0.1) is 17.3 Å². The summed E-state index contributed by atoms with van der Waals surface area (Å²) in [6.07, 6.45) is 9.70. The smallest absolute Gasteiger partial charge is 0.0105 e. The molecular weight excluding hydrogens is 180 g/mol. The van der Waals surface area contributed by atoms with E-state index < -0.39 is 0 Å². The highest BCUT2D eigenvalue weighted by molar-refractivity contribution is 5.27. The lowest BCUT2D eigenvalue weighted by Gasteiger charge is -2.47. The van der Waals surface area contributed by atoms with Crippen LogP contribution in [0.3, 0.4) is 0 Å². The number of rotatable bonds is 1. The molecule has 0 bridgehead atoms. The van der Waals surface area contributed by atoms with Gasteiger partial charge in [0.15, 0.2) is 0 Å². The van der Waals surface area contributed by atoms with Gasteiger partial charge in [-0.3, -0.25) is 0 Å². The lowest BCUT2D eigenvalue weighted by molar-refractivity contribution is 0.117. The molecule has 0 aromatic rings. The van der Waals surface area contributed by atoms with Gasteiger partial charge in [-0.15, -0.1) is 0 Å². The lowest BCUT2D eigenvalue weighted by atomic mass is 9.58. The molecule has 0 saturated heterocycles. The van der Waals surface area contributed by atoms with Crippen LogP contribution in [-0.2, 0) is 0 Å². The van der Waals surface area contributed by atoms with Gasteiger partial charge in [0.2, 0.25) is 0 Å². The van der Waals surface area contributed by atoms with Crippen LogP contribution in [0.1, 0.15) is 39.5 Å². The zero-order valence-electron chi connectivity index (χ0n) is 10.1. The van der Waals surface area contributed by atoms with Gasteiger partial charge in [0.25, 0.3) is 0 Å². The van der Waals surface area contributed by atoms with Crippen LogP contribution < -0.4 is 0 Å². The van der Waals surface area contributed by atoms with E-state index >= 15 is 0 Å². The van der Waals surface area contributed by atoms with E-state index in [1.165, 1.54) is 36.8 Å². The predicted octanol–water partition coefficient (Wildman–Crippen LogP) is 4.50. The molecular formula is C15H22. The minimum atomic E-state index is 0.484. The van der Waals surface area contributed by atoms with E-state index in [0.29, 0.717) is 11.3 Å². The first-order valence-corrected chi connectivity index (χ1v) is 6.04. The molecule has 0 spiro atoms. The average molecular weight is 202 g/mol. The Labute approximate surface area is 93.8 Å². The number of fused-ring (bicyclic) bond motifs is 1. The first kappa shape index (κ1) is 10.7. The molecule has 0 aliphatic heterocycles. The van der Waals surface area contributed by atoms with Crippen LogP contribution in [-0.4, -0.2) is 0 Å². The Morgan fingerprint density at radius 1 is 1.53 bits per heavy atom. The Balaban J connectivity index is 2.21. The van der Waals surface area contributed by atoms with Crippen LogP contribution in [0.2, 0.25) is 0 Å². The van der Waals surface area contributed by atoms with Crippen LogP contribution in [0.5, 0.6) is 0 Å². The van der Waals surface area contributed by atoms with Crippen LogP contribution >= 0.6 is 0 Å². The second kappa shape index (κ2) is 3.66. The van der Waals surface area contributed by atoms with Crippen molar-refractivity contribution in [2.75, 3.05) is 0 Å². The largest absolute Gasteiger partial charge is 0.0999 e. The molecule has 2 rings (SSSR count). The molecule has 0 heterocycles. The van der Waals surface area contributed by atoms with Gasteiger partial charge in [-0.1, -0.05) is 43.4 Å². The summed E-state index contributed by atoms with van der Waals surface area (Å²) in [5.41, 5.74) is 3.19. The van der Waals surface area contributed by atoms with Crippen molar-refractivity contribution in [1.29, 1.82) is 0 Å². The normalized spacial score (nSPS) is 40.0. The fourth-order valence-electron chi connectivity index (χ4n) is 3.25. The average Bonchev–Trinajstić information content (AvgIpc) is 2.17. The molecule has 0 radical (unpaired) electrons. The van der Waals surface area contributed by atoms with Gasteiger partial charge in [-0.05, 0) is 49.9 Å². The SMILES string of the molecule is C=C(C)C1CCC2(C)CC=CC(=C)C2C1. The molecule has 0 aromatic carbocycles. The van der Waals surface area contributed by atoms with E-state index in [9.17, 15) is 0 Å². The molecule has 2 aliphatic carbocycles. The summed E-state index contributed by atoms with van der Waals surface area (Å²) in [5, 5.41) is 0. The van der Waals surface area contributed by atoms with Crippen molar-refractivity contribution in [2.45, 2.75) is 39.5 Å². The van der Waals surface area contributed by atoms with E-state index in [1.807, 2.05) is 0 Å². The lowest BCUT2D eigenvalue weighted by Crippen LogP contribution is -2.36. The van der Waals surface area contributed by atoms with Crippen molar-refractivity contribution < 1.29 is 0 Å². The molecule has 0 heteroatoms. The van der Waals surface area contributed by atoms with Crippen molar-refractivity contribution in [3.8, 4) is 0 Å². The molecule has 1 saturated carbocycles. The Bertz CT molecular complexity index is 321. The third-order valence-electron chi connectivity index (χ3n) is 4.49. The highest BCUT2D eigenvalue weighted by Crippen LogP contribution is 2.52. The maximum atomic E-state index is 4.22. The standard InChI is InChI=1S/C15H22/c1-11(2)13-7-9-15(4)8-5-6-12(3)14(15)10-13/h5-6,13-14H,1,3,7-10H2,2,4H3. The van der Waals surface area contributed by atoms with Gasteiger partial charge in [0, 0.05) is 0 Å². The Morgan fingerprint density at radius 3 is 2.93 bits per heavy atom. The van der Waals surface area contributed by atoms with Gasteiger partial charge in [-0.25, -0.2) is 0 Å². The summed E-state index contributed by atoms with van der Waals surface area (Å²) in [5.74, 6) is 1.42. The third kappa shape index (κ3) is 1.82. The number of hydrogen-bond donors (Lipinski definition) is 0. The molecule has 0 amide bonds. The Kier molecular flexibility index (Phi) is 2.62. The van der Waals surface area contributed by atoms with E-state index in [0.717, 1.165) is 5.92 Å². The first-order valence-electron chi connectivity index (χ1n) is 6.04. The molecule has 0 aromatic heterocycles. The third-order valence-corrected chi connectivity index (χ3v) is 4.49. The fraction of sp³-hybridized carbons (Fsp3) is 0.600. The number of allylic oxidation sites excluding steroid dienone is 4.